The van der Waals surface area contributed by atoms with E-state index in [9.17, 15) is 23.3 Å². The number of halogens is 1. The van der Waals surface area contributed by atoms with Gasteiger partial charge in [0, 0.05) is 23.6 Å². The molecule has 0 spiro atoms. The maximum Gasteiger partial charge on any atom is 0.337 e. The molecule has 1 unspecified atom stereocenters. The Morgan fingerprint density at radius 2 is 2.18 bits per heavy atom. The lowest BCUT2D eigenvalue weighted by Gasteiger charge is -2.18. The number of benzene rings is 1. The van der Waals surface area contributed by atoms with Crippen LogP contribution in [0.3, 0.4) is 0 Å². The molecule has 0 aromatic heterocycles. The Morgan fingerprint density at radius 1 is 1.50 bits per heavy atom. The zero-order chi connectivity index (χ0) is 16.5. The van der Waals surface area contributed by atoms with Crippen LogP contribution in [0, 0.1) is 11.3 Å². The van der Waals surface area contributed by atoms with Crippen molar-refractivity contribution in [3.8, 4) is 6.07 Å². The van der Waals surface area contributed by atoms with Gasteiger partial charge in [-0.15, -0.1) is 0 Å². The molecule has 0 radical (unpaired) electrons. The quantitative estimate of drug-likeness (QED) is 0.600. The van der Waals surface area contributed by atoms with Crippen LogP contribution in [0.1, 0.15) is 22.3 Å². The van der Waals surface area contributed by atoms with E-state index in [4.69, 9.17) is 10.7 Å². The molecule has 1 aromatic carbocycles. The number of rotatable bonds is 3. The Hall–Kier alpha value is -2.11. The van der Waals surface area contributed by atoms with E-state index in [-0.39, 0.29) is 29.8 Å². The molecular formula is C13H11ClN2O5S. The molecule has 1 aliphatic heterocycles. The Balaban J connectivity index is 2.40. The second kappa shape index (κ2) is 5.94. The number of carbonyl (C=O) groups excluding carboxylic acids is 2. The molecule has 1 saturated heterocycles. The Morgan fingerprint density at radius 3 is 2.68 bits per heavy atom. The molecule has 1 amide bonds. The van der Waals surface area contributed by atoms with Gasteiger partial charge in [-0.25, -0.2) is 13.2 Å². The first kappa shape index (κ1) is 16.3. The van der Waals surface area contributed by atoms with Crippen molar-refractivity contribution in [2.75, 3.05) is 18.6 Å². The highest BCUT2D eigenvalue weighted by Crippen LogP contribution is 2.29. The summed E-state index contributed by atoms with van der Waals surface area (Å²) < 4.78 is 27.3. The topological polar surface area (TPSA) is 105 Å². The van der Waals surface area contributed by atoms with Gasteiger partial charge in [-0.3, -0.25) is 4.79 Å². The fourth-order valence-electron chi connectivity index (χ4n) is 2.20. The van der Waals surface area contributed by atoms with E-state index in [1.165, 1.54) is 30.2 Å². The maximum absolute atomic E-state index is 12.0. The first-order valence-corrected chi connectivity index (χ1v) is 8.51. The van der Waals surface area contributed by atoms with Gasteiger partial charge in [-0.05, 0) is 18.2 Å². The second-order valence-electron chi connectivity index (χ2n) is 4.64. The number of nitrogens with zero attached hydrogens (tertiary/aromatic N) is 2. The van der Waals surface area contributed by atoms with E-state index < -0.39 is 26.2 Å². The minimum Gasteiger partial charge on any atom is -0.465 e. The summed E-state index contributed by atoms with van der Waals surface area (Å²) in [6.07, 6.45) is -0.241. The van der Waals surface area contributed by atoms with Gasteiger partial charge in [0.15, 0.2) is 0 Å². The number of methoxy groups -OCH3 is 1. The predicted octanol–water partition coefficient (Wildman–Crippen LogP) is 1.02. The second-order valence-corrected chi connectivity index (χ2v) is 7.55. The highest BCUT2D eigenvalue weighted by molar-refractivity contribution is 8.14. The molecule has 22 heavy (non-hydrogen) atoms. The minimum absolute atomic E-state index is 0.0730. The minimum atomic E-state index is -3.87. The number of carbonyl (C=O) groups is 2. The lowest BCUT2D eigenvalue weighted by atomic mass is 10.1. The fraction of sp³-hybridized carbons (Fsp3) is 0.308. The van der Waals surface area contributed by atoms with Gasteiger partial charge in [-0.2, -0.15) is 5.26 Å². The summed E-state index contributed by atoms with van der Waals surface area (Å²) in [6, 6.07) is 5.98. The number of ether oxygens (including phenoxy) is 1. The summed E-state index contributed by atoms with van der Waals surface area (Å²) in [7, 11) is 2.63. The van der Waals surface area contributed by atoms with Gasteiger partial charge in [0.05, 0.1) is 23.9 Å². The largest absolute Gasteiger partial charge is 0.465 e. The molecule has 1 heterocycles. The van der Waals surface area contributed by atoms with E-state index in [1.54, 1.807) is 0 Å². The number of nitriles is 1. The summed E-state index contributed by atoms with van der Waals surface area (Å²) in [5.74, 6) is -1.06. The molecule has 1 fully saturated rings. The molecule has 1 aliphatic rings. The van der Waals surface area contributed by atoms with Crippen LogP contribution < -0.4 is 4.90 Å². The fourth-order valence-corrected chi connectivity index (χ4v) is 3.23. The molecule has 9 heteroatoms. The number of hydrogen-bond donors (Lipinski definition) is 0. The van der Waals surface area contributed by atoms with Crippen LogP contribution in [-0.2, 0) is 18.6 Å². The molecule has 7 nitrogen and oxygen atoms in total. The van der Waals surface area contributed by atoms with Gasteiger partial charge in [-0.1, -0.05) is 0 Å². The molecule has 0 bridgehead atoms. The normalized spacial score (nSPS) is 18.1. The Bertz CT molecular complexity index is 784. The van der Waals surface area contributed by atoms with Crippen LogP contribution in [0.25, 0.3) is 0 Å². The molecule has 1 atom stereocenters. The standard InChI is InChI=1S/C13H11ClN2O5S/c1-21-13(18)8-2-3-11(9(4-8)6-15)16-7-10(5-12(16)17)22(14,19)20/h2-4,10H,5,7H2,1H3. The van der Waals surface area contributed by atoms with Crippen molar-refractivity contribution >= 4 is 37.3 Å². The first-order chi connectivity index (χ1) is 10.3. The van der Waals surface area contributed by atoms with Crippen LogP contribution in [0.15, 0.2) is 18.2 Å². The molecule has 0 N–H and O–H groups in total. The van der Waals surface area contributed by atoms with Crippen molar-refractivity contribution in [3.63, 3.8) is 0 Å². The summed E-state index contributed by atoms with van der Waals surface area (Å²) in [5.41, 5.74) is 0.475. The van der Waals surface area contributed by atoms with E-state index in [0.717, 1.165) is 0 Å². The lowest BCUT2D eigenvalue weighted by Crippen LogP contribution is -2.27. The smallest absolute Gasteiger partial charge is 0.337 e. The summed E-state index contributed by atoms with van der Waals surface area (Å²) in [4.78, 5) is 24.6. The maximum atomic E-state index is 12.0. The van der Waals surface area contributed by atoms with Gasteiger partial charge in [0.1, 0.15) is 11.3 Å². The number of amides is 1. The molecule has 1 aromatic rings. The number of anilines is 1. The van der Waals surface area contributed by atoms with Crippen LogP contribution >= 0.6 is 10.7 Å². The molecule has 116 valence electrons. The molecule has 2 rings (SSSR count). The van der Waals surface area contributed by atoms with Crippen LogP contribution in [0.4, 0.5) is 5.69 Å². The van der Waals surface area contributed by atoms with Crippen molar-refractivity contribution in [1.82, 2.24) is 0 Å². The van der Waals surface area contributed by atoms with E-state index in [0.29, 0.717) is 0 Å². The van der Waals surface area contributed by atoms with Crippen molar-refractivity contribution in [1.29, 1.82) is 5.26 Å². The highest BCUT2D eigenvalue weighted by atomic mass is 35.7. The third-order valence-electron chi connectivity index (χ3n) is 3.32. The van der Waals surface area contributed by atoms with Crippen molar-refractivity contribution in [3.05, 3.63) is 29.3 Å². The number of esters is 1. The summed E-state index contributed by atoms with van der Waals surface area (Å²) in [5, 5.41) is 8.17. The molecule has 0 aliphatic carbocycles. The SMILES string of the molecule is COC(=O)c1ccc(N2CC(S(=O)(=O)Cl)CC2=O)c(C#N)c1. The zero-order valence-corrected chi connectivity index (χ0v) is 13.0. The van der Waals surface area contributed by atoms with Crippen molar-refractivity contribution in [2.24, 2.45) is 0 Å². The first-order valence-electron chi connectivity index (χ1n) is 6.14. The third kappa shape index (κ3) is 3.05. The van der Waals surface area contributed by atoms with Crippen molar-refractivity contribution < 1.29 is 22.7 Å². The number of hydrogen-bond acceptors (Lipinski definition) is 6. The molecular weight excluding hydrogens is 332 g/mol. The Kier molecular flexibility index (Phi) is 4.39. The van der Waals surface area contributed by atoms with Gasteiger partial charge in [0.2, 0.25) is 15.0 Å². The average Bonchev–Trinajstić information content (AvgIpc) is 2.87. The van der Waals surface area contributed by atoms with Crippen molar-refractivity contribution in [2.45, 2.75) is 11.7 Å². The highest BCUT2D eigenvalue weighted by Gasteiger charge is 2.38. The summed E-state index contributed by atoms with van der Waals surface area (Å²) >= 11 is 0. The predicted molar refractivity (Wildman–Crippen MR) is 78.0 cm³/mol. The Labute approximate surface area is 131 Å². The van der Waals surface area contributed by atoms with Crippen LogP contribution in [0.2, 0.25) is 0 Å². The lowest BCUT2D eigenvalue weighted by molar-refractivity contribution is -0.117. The average molecular weight is 343 g/mol. The van der Waals surface area contributed by atoms with E-state index in [2.05, 4.69) is 4.74 Å². The van der Waals surface area contributed by atoms with Crippen LogP contribution in [-0.4, -0.2) is 39.2 Å². The third-order valence-corrected chi connectivity index (χ3v) is 5.18. The van der Waals surface area contributed by atoms with Gasteiger partial charge < -0.3 is 9.64 Å². The summed E-state index contributed by atoms with van der Waals surface area (Å²) in [6.45, 7) is -0.128. The van der Waals surface area contributed by atoms with Crippen LogP contribution in [0.5, 0.6) is 0 Å². The van der Waals surface area contributed by atoms with Gasteiger partial charge in [0.25, 0.3) is 0 Å². The molecule has 0 saturated carbocycles. The monoisotopic (exact) mass is 342 g/mol. The van der Waals surface area contributed by atoms with Gasteiger partial charge >= 0.3 is 5.97 Å². The zero-order valence-electron chi connectivity index (χ0n) is 11.4. The van der Waals surface area contributed by atoms with E-state index in [1.807, 2.05) is 6.07 Å². The van der Waals surface area contributed by atoms with E-state index >= 15 is 0 Å².